The average molecular weight is 152 g/mol. The zero-order valence-corrected chi connectivity index (χ0v) is 4.86. The Morgan fingerprint density at radius 1 is 2.00 bits per heavy atom. The molecule has 0 radical (unpaired) electrons. The Balaban J connectivity index is 2.83. The van der Waals surface area contributed by atoms with Gasteiger partial charge >= 0.3 is 0 Å². The minimum atomic E-state index is 0.375. The Morgan fingerprint density at radius 3 is 2.50 bits per heavy atom. The first-order valence-corrected chi connectivity index (χ1v) is 2.21. The van der Waals surface area contributed by atoms with E-state index in [1.54, 1.807) is 0 Å². The van der Waals surface area contributed by atoms with Gasteiger partial charge in [-0.25, -0.2) is 5.90 Å². The van der Waals surface area contributed by atoms with E-state index in [0.29, 0.717) is 6.61 Å². The van der Waals surface area contributed by atoms with Crippen molar-refractivity contribution in [2.45, 2.75) is 0 Å². The summed E-state index contributed by atoms with van der Waals surface area (Å²) in [4.78, 5) is 4.16. The fraction of sp³-hybridized carbons (Fsp3) is 0.333. The van der Waals surface area contributed by atoms with Gasteiger partial charge in [-0.3, -0.25) is 4.84 Å². The zero-order chi connectivity index (χ0) is 4.99. The molecule has 0 aliphatic carbocycles. The highest BCUT2D eigenvalue weighted by atomic mass is 79.9. The van der Waals surface area contributed by atoms with Gasteiger partial charge in [0.1, 0.15) is 0 Å². The first-order valence-electron chi connectivity index (χ1n) is 1.42. The predicted octanol–water partition coefficient (Wildman–Crippen LogP) is 0.785. The van der Waals surface area contributed by atoms with E-state index in [9.17, 15) is 0 Å². The molecule has 0 unspecified atom stereocenters. The number of nitrogens with two attached hydrogens (primary N) is 1. The van der Waals surface area contributed by atoms with E-state index in [4.69, 9.17) is 0 Å². The van der Waals surface area contributed by atoms with Crippen molar-refractivity contribution >= 4 is 15.9 Å². The first kappa shape index (κ1) is 6.14. The lowest BCUT2D eigenvalue weighted by molar-refractivity contribution is 0.166. The molecule has 0 bridgehead atoms. The highest BCUT2D eigenvalue weighted by Gasteiger charge is 1.78. The molecule has 0 rings (SSSR count). The Labute approximate surface area is 45.1 Å². The second-order valence-corrected chi connectivity index (χ2v) is 1.95. The SMILES string of the molecule is C=C(Br)CON. The summed E-state index contributed by atoms with van der Waals surface area (Å²) in [7, 11) is 0. The van der Waals surface area contributed by atoms with Gasteiger partial charge in [0, 0.05) is 4.48 Å². The summed E-state index contributed by atoms with van der Waals surface area (Å²) in [5.41, 5.74) is 0. The molecule has 0 saturated heterocycles. The van der Waals surface area contributed by atoms with Crippen LogP contribution in [-0.4, -0.2) is 6.61 Å². The van der Waals surface area contributed by atoms with E-state index in [1.807, 2.05) is 0 Å². The first-order chi connectivity index (χ1) is 2.77. The molecule has 0 aliphatic heterocycles. The third kappa shape index (κ3) is 4.14. The number of rotatable bonds is 2. The highest BCUT2D eigenvalue weighted by Crippen LogP contribution is 1.96. The molecule has 0 fully saturated rings. The largest absolute Gasteiger partial charge is 0.299 e. The maximum absolute atomic E-state index is 4.64. The van der Waals surface area contributed by atoms with E-state index in [2.05, 4.69) is 33.2 Å². The quantitative estimate of drug-likeness (QED) is 0.593. The maximum atomic E-state index is 4.64. The number of halogens is 1. The maximum Gasteiger partial charge on any atom is 0.0988 e. The summed E-state index contributed by atoms with van der Waals surface area (Å²) in [6.07, 6.45) is 0. The second-order valence-electron chi connectivity index (χ2n) is 0.828. The van der Waals surface area contributed by atoms with E-state index >= 15 is 0 Å². The van der Waals surface area contributed by atoms with Gasteiger partial charge in [-0.2, -0.15) is 0 Å². The number of hydrogen-bond donors (Lipinski definition) is 1. The molecule has 2 nitrogen and oxygen atoms in total. The summed E-state index contributed by atoms with van der Waals surface area (Å²) in [5.74, 6) is 4.64. The van der Waals surface area contributed by atoms with Crippen LogP contribution in [0.1, 0.15) is 0 Å². The lowest BCUT2D eigenvalue weighted by atomic mass is 10.7. The third-order valence-electron chi connectivity index (χ3n) is 0.240. The van der Waals surface area contributed by atoms with Crippen molar-refractivity contribution in [3.63, 3.8) is 0 Å². The molecule has 36 valence electrons. The van der Waals surface area contributed by atoms with Gasteiger partial charge in [-0.15, -0.1) is 0 Å². The molecular formula is C3H6BrNO. The van der Waals surface area contributed by atoms with Crippen molar-refractivity contribution in [2.75, 3.05) is 6.61 Å². The molecule has 0 aromatic heterocycles. The molecule has 0 aliphatic rings. The molecule has 6 heavy (non-hydrogen) atoms. The fourth-order valence-electron chi connectivity index (χ4n) is 0.0904. The van der Waals surface area contributed by atoms with Crippen molar-refractivity contribution < 1.29 is 4.84 Å². The van der Waals surface area contributed by atoms with E-state index in [-0.39, 0.29) is 0 Å². The molecule has 0 heterocycles. The molecule has 0 spiro atoms. The van der Waals surface area contributed by atoms with Crippen molar-refractivity contribution in [1.82, 2.24) is 0 Å². The van der Waals surface area contributed by atoms with Crippen molar-refractivity contribution in [3.8, 4) is 0 Å². The van der Waals surface area contributed by atoms with Crippen molar-refractivity contribution in [2.24, 2.45) is 5.90 Å². The van der Waals surface area contributed by atoms with Crippen LogP contribution in [0.2, 0.25) is 0 Å². The molecule has 0 atom stereocenters. The van der Waals surface area contributed by atoms with E-state index < -0.39 is 0 Å². The summed E-state index contributed by atoms with van der Waals surface area (Å²) < 4.78 is 0.755. The fourth-order valence-corrected chi connectivity index (χ4v) is 0.223. The minimum Gasteiger partial charge on any atom is -0.299 e. The monoisotopic (exact) mass is 151 g/mol. The molecule has 0 saturated carbocycles. The lowest BCUT2D eigenvalue weighted by Crippen LogP contribution is -1.98. The van der Waals surface area contributed by atoms with E-state index in [0.717, 1.165) is 4.48 Å². The topological polar surface area (TPSA) is 35.2 Å². The van der Waals surface area contributed by atoms with Gasteiger partial charge in [0.05, 0.1) is 6.61 Å². The van der Waals surface area contributed by atoms with Gasteiger partial charge in [0.15, 0.2) is 0 Å². The van der Waals surface area contributed by atoms with Crippen LogP contribution in [-0.2, 0) is 4.84 Å². The van der Waals surface area contributed by atoms with Crippen LogP contribution in [0.5, 0.6) is 0 Å². The smallest absolute Gasteiger partial charge is 0.0988 e. The van der Waals surface area contributed by atoms with Crippen LogP contribution in [0.3, 0.4) is 0 Å². The zero-order valence-electron chi connectivity index (χ0n) is 3.28. The lowest BCUT2D eigenvalue weighted by Gasteiger charge is -1.87. The summed E-state index contributed by atoms with van der Waals surface area (Å²) in [6.45, 7) is 3.83. The predicted molar refractivity (Wildman–Crippen MR) is 28.2 cm³/mol. The summed E-state index contributed by atoms with van der Waals surface area (Å²) in [6, 6.07) is 0. The molecular weight excluding hydrogens is 146 g/mol. The van der Waals surface area contributed by atoms with Crippen LogP contribution < -0.4 is 5.90 Å². The normalized spacial score (nSPS) is 8.33. The second kappa shape index (κ2) is 3.33. The van der Waals surface area contributed by atoms with Gasteiger partial charge in [0.2, 0.25) is 0 Å². The minimum absolute atomic E-state index is 0.375. The Morgan fingerprint density at radius 2 is 2.50 bits per heavy atom. The standard InChI is InChI=1S/C3H6BrNO/c1-3(4)2-6-5/h1-2,5H2. The van der Waals surface area contributed by atoms with Gasteiger partial charge in [-0.05, 0) is 0 Å². The van der Waals surface area contributed by atoms with Crippen LogP contribution >= 0.6 is 15.9 Å². The molecule has 2 N–H and O–H groups in total. The van der Waals surface area contributed by atoms with Crippen molar-refractivity contribution in [1.29, 1.82) is 0 Å². The molecule has 0 aromatic rings. The summed E-state index contributed by atoms with van der Waals surface area (Å²) in [5, 5.41) is 0. The third-order valence-corrected chi connectivity index (χ3v) is 0.469. The average Bonchev–Trinajstić information content (AvgIpc) is 1.35. The highest BCUT2D eigenvalue weighted by molar-refractivity contribution is 9.11. The van der Waals surface area contributed by atoms with E-state index in [1.165, 1.54) is 0 Å². The molecule has 0 aromatic carbocycles. The molecule has 3 heteroatoms. The van der Waals surface area contributed by atoms with Crippen LogP contribution in [0, 0.1) is 0 Å². The van der Waals surface area contributed by atoms with Gasteiger partial charge in [-0.1, -0.05) is 22.5 Å². The Bertz CT molecular complexity index is 54.8. The van der Waals surface area contributed by atoms with Crippen LogP contribution in [0.4, 0.5) is 0 Å². The Hall–Kier alpha value is 0.140. The van der Waals surface area contributed by atoms with Crippen molar-refractivity contribution in [3.05, 3.63) is 11.1 Å². The van der Waals surface area contributed by atoms with Gasteiger partial charge < -0.3 is 0 Å². The van der Waals surface area contributed by atoms with Crippen LogP contribution in [0.25, 0.3) is 0 Å². The number of hydrogen-bond acceptors (Lipinski definition) is 2. The Kier molecular flexibility index (Phi) is 3.41. The van der Waals surface area contributed by atoms with Crippen LogP contribution in [0.15, 0.2) is 11.1 Å². The summed E-state index contributed by atoms with van der Waals surface area (Å²) >= 11 is 3.04. The molecule has 0 amide bonds. The van der Waals surface area contributed by atoms with Gasteiger partial charge in [0.25, 0.3) is 0 Å².